The molecular formula is C15H21N3O2S. The van der Waals surface area contributed by atoms with Gasteiger partial charge in [-0.2, -0.15) is 0 Å². The van der Waals surface area contributed by atoms with Crippen LogP contribution in [-0.2, 0) is 4.79 Å². The Kier molecular flexibility index (Phi) is 4.26. The van der Waals surface area contributed by atoms with Crippen LogP contribution in [0.5, 0.6) is 0 Å². The number of hydrogen-bond donors (Lipinski definition) is 0. The van der Waals surface area contributed by atoms with E-state index in [2.05, 4.69) is 11.8 Å². The van der Waals surface area contributed by atoms with E-state index in [1.54, 1.807) is 4.90 Å². The molecule has 0 radical (unpaired) electrons. The SMILES string of the molecule is CCN1CCN(C(=O)C2CN(C(=O)c3cccs3)C2)CC1. The minimum absolute atomic E-state index is 0.00193. The van der Waals surface area contributed by atoms with Gasteiger partial charge in [-0.05, 0) is 18.0 Å². The van der Waals surface area contributed by atoms with Crippen molar-refractivity contribution in [3.8, 4) is 0 Å². The molecule has 21 heavy (non-hydrogen) atoms. The number of piperazine rings is 1. The van der Waals surface area contributed by atoms with E-state index < -0.39 is 0 Å². The van der Waals surface area contributed by atoms with Gasteiger partial charge in [0.05, 0.1) is 10.8 Å². The van der Waals surface area contributed by atoms with Crippen molar-refractivity contribution in [2.75, 3.05) is 45.8 Å². The average molecular weight is 307 g/mol. The number of amides is 2. The maximum Gasteiger partial charge on any atom is 0.263 e. The van der Waals surface area contributed by atoms with Gasteiger partial charge >= 0.3 is 0 Å². The van der Waals surface area contributed by atoms with Crippen LogP contribution < -0.4 is 0 Å². The molecule has 0 aliphatic carbocycles. The number of likely N-dealkylation sites (tertiary alicyclic amines) is 1. The monoisotopic (exact) mass is 307 g/mol. The first kappa shape index (κ1) is 14.5. The normalized spacial score (nSPS) is 20.4. The van der Waals surface area contributed by atoms with Crippen LogP contribution in [0.1, 0.15) is 16.6 Å². The number of nitrogens with zero attached hydrogens (tertiary/aromatic N) is 3. The molecule has 2 aliphatic heterocycles. The summed E-state index contributed by atoms with van der Waals surface area (Å²) in [6.07, 6.45) is 0. The second kappa shape index (κ2) is 6.15. The molecule has 1 aromatic rings. The fourth-order valence-corrected chi connectivity index (χ4v) is 3.59. The number of hydrogen-bond acceptors (Lipinski definition) is 4. The van der Waals surface area contributed by atoms with E-state index in [0.29, 0.717) is 13.1 Å². The number of carbonyl (C=O) groups is 2. The number of carbonyl (C=O) groups excluding carboxylic acids is 2. The topological polar surface area (TPSA) is 43.9 Å². The van der Waals surface area contributed by atoms with E-state index in [4.69, 9.17) is 0 Å². The summed E-state index contributed by atoms with van der Waals surface area (Å²) < 4.78 is 0. The summed E-state index contributed by atoms with van der Waals surface area (Å²) >= 11 is 1.46. The molecule has 2 aliphatic rings. The Morgan fingerprint density at radius 2 is 1.90 bits per heavy atom. The molecule has 5 nitrogen and oxygen atoms in total. The van der Waals surface area contributed by atoms with E-state index >= 15 is 0 Å². The molecule has 2 saturated heterocycles. The van der Waals surface area contributed by atoms with Crippen molar-refractivity contribution in [2.45, 2.75) is 6.92 Å². The Labute approximate surface area is 129 Å². The Morgan fingerprint density at radius 3 is 2.48 bits per heavy atom. The minimum atomic E-state index is 0.00193. The van der Waals surface area contributed by atoms with Gasteiger partial charge in [0.2, 0.25) is 5.91 Å². The third-order valence-electron chi connectivity index (χ3n) is 4.38. The lowest BCUT2D eigenvalue weighted by Gasteiger charge is -2.42. The van der Waals surface area contributed by atoms with Crippen LogP contribution in [0.15, 0.2) is 17.5 Å². The molecule has 2 amide bonds. The smallest absolute Gasteiger partial charge is 0.263 e. The van der Waals surface area contributed by atoms with Gasteiger partial charge in [-0.15, -0.1) is 11.3 Å². The Bertz CT molecular complexity index is 503. The van der Waals surface area contributed by atoms with Crippen LogP contribution in [0.2, 0.25) is 0 Å². The van der Waals surface area contributed by atoms with Crippen LogP contribution >= 0.6 is 11.3 Å². The molecule has 6 heteroatoms. The molecule has 0 atom stereocenters. The zero-order chi connectivity index (χ0) is 14.8. The highest BCUT2D eigenvalue weighted by Gasteiger charge is 2.38. The summed E-state index contributed by atoms with van der Waals surface area (Å²) in [5.74, 6) is 0.285. The van der Waals surface area contributed by atoms with Crippen molar-refractivity contribution in [3.05, 3.63) is 22.4 Å². The lowest BCUT2D eigenvalue weighted by Crippen LogP contribution is -2.59. The van der Waals surface area contributed by atoms with Crippen LogP contribution in [0.3, 0.4) is 0 Å². The van der Waals surface area contributed by atoms with Gasteiger partial charge in [-0.3, -0.25) is 9.59 Å². The maximum absolute atomic E-state index is 12.4. The molecule has 2 fully saturated rings. The van der Waals surface area contributed by atoms with Gasteiger partial charge in [-0.1, -0.05) is 13.0 Å². The Balaban J connectivity index is 1.48. The number of rotatable bonds is 3. The van der Waals surface area contributed by atoms with Crippen molar-refractivity contribution >= 4 is 23.2 Å². The van der Waals surface area contributed by atoms with E-state index in [1.165, 1.54) is 11.3 Å². The third kappa shape index (κ3) is 2.96. The first-order chi connectivity index (χ1) is 10.2. The molecule has 0 saturated carbocycles. The molecule has 3 heterocycles. The van der Waals surface area contributed by atoms with Gasteiger partial charge in [-0.25, -0.2) is 0 Å². The number of thiophene rings is 1. The van der Waals surface area contributed by atoms with Crippen LogP contribution in [0.25, 0.3) is 0 Å². The highest BCUT2D eigenvalue weighted by molar-refractivity contribution is 7.12. The Morgan fingerprint density at radius 1 is 1.19 bits per heavy atom. The standard InChI is InChI=1S/C15H21N3O2S/c1-2-16-5-7-17(8-6-16)14(19)12-10-18(11-12)15(20)13-4-3-9-21-13/h3-4,9,12H,2,5-8,10-11H2,1H3. The van der Waals surface area contributed by atoms with Gasteiger partial charge in [0.15, 0.2) is 0 Å². The van der Waals surface area contributed by atoms with Gasteiger partial charge in [0.1, 0.15) is 0 Å². The molecule has 3 rings (SSSR count). The van der Waals surface area contributed by atoms with Crippen molar-refractivity contribution in [3.63, 3.8) is 0 Å². The van der Waals surface area contributed by atoms with E-state index in [-0.39, 0.29) is 17.7 Å². The zero-order valence-electron chi connectivity index (χ0n) is 12.3. The highest BCUT2D eigenvalue weighted by Crippen LogP contribution is 2.23. The molecule has 0 aromatic carbocycles. The summed E-state index contributed by atoms with van der Waals surface area (Å²) in [6.45, 7) is 7.92. The Hall–Kier alpha value is -1.40. The summed E-state index contributed by atoms with van der Waals surface area (Å²) in [5.41, 5.74) is 0. The van der Waals surface area contributed by atoms with Crippen molar-refractivity contribution in [2.24, 2.45) is 5.92 Å². The lowest BCUT2D eigenvalue weighted by atomic mass is 9.97. The van der Waals surface area contributed by atoms with Gasteiger partial charge < -0.3 is 14.7 Å². The number of likely N-dealkylation sites (N-methyl/N-ethyl adjacent to an activating group) is 1. The van der Waals surface area contributed by atoms with Crippen LogP contribution in [-0.4, -0.2) is 72.3 Å². The van der Waals surface area contributed by atoms with Gasteiger partial charge in [0.25, 0.3) is 5.91 Å². The molecular weight excluding hydrogens is 286 g/mol. The first-order valence-corrected chi connectivity index (χ1v) is 8.41. The molecule has 0 unspecified atom stereocenters. The minimum Gasteiger partial charge on any atom is -0.340 e. The average Bonchev–Trinajstić information content (AvgIpc) is 2.99. The predicted octanol–water partition coefficient (Wildman–Crippen LogP) is 0.984. The molecule has 114 valence electrons. The molecule has 0 bridgehead atoms. The molecule has 0 N–H and O–H groups in total. The van der Waals surface area contributed by atoms with Crippen molar-refractivity contribution < 1.29 is 9.59 Å². The fourth-order valence-electron chi connectivity index (χ4n) is 2.90. The van der Waals surface area contributed by atoms with Crippen molar-refractivity contribution in [1.82, 2.24) is 14.7 Å². The first-order valence-electron chi connectivity index (χ1n) is 7.53. The van der Waals surface area contributed by atoms with Crippen molar-refractivity contribution in [1.29, 1.82) is 0 Å². The third-order valence-corrected chi connectivity index (χ3v) is 5.24. The summed E-state index contributed by atoms with van der Waals surface area (Å²) in [5, 5.41) is 1.91. The van der Waals surface area contributed by atoms with Gasteiger partial charge in [0, 0.05) is 39.3 Å². The predicted molar refractivity (Wildman–Crippen MR) is 82.4 cm³/mol. The summed E-state index contributed by atoms with van der Waals surface area (Å²) in [6, 6.07) is 3.72. The van der Waals surface area contributed by atoms with Crippen LogP contribution in [0, 0.1) is 5.92 Å². The largest absolute Gasteiger partial charge is 0.340 e. The maximum atomic E-state index is 12.4. The fraction of sp³-hybridized carbons (Fsp3) is 0.600. The highest BCUT2D eigenvalue weighted by atomic mass is 32.1. The zero-order valence-corrected chi connectivity index (χ0v) is 13.1. The van der Waals surface area contributed by atoms with Crippen LogP contribution in [0.4, 0.5) is 0 Å². The lowest BCUT2D eigenvalue weighted by molar-refractivity contribution is -0.141. The molecule has 0 spiro atoms. The quantitative estimate of drug-likeness (QED) is 0.836. The van der Waals surface area contributed by atoms with E-state index in [1.807, 2.05) is 22.4 Å². The summed E-state index contributed by atoms with van der Waals surface area (Å²) in [4.78, 5) is 31.4. The van der Waals surface area contributed by atoms with E-state index in [0.717, 1.165) is 37.6 Å². The second-order valence-electron chi connectivity index (χ2n) is 5.64. The second-order valence-corrected chi connectivity index (χ2v) is 6.59. The van der Waals surface area contributed by atoms with E-state index in [9.17, 15) is 9.59 Å². The molecule has 1 aromatic heterocycles. The summed E-state index contributed by atoms with van der Waals surface area (Å²) in [7, 11) is 0.